The maximum atomic E-state index is 14.0. The second-order valence-corrected chi connectivity index (χ2v) is 10.1. The maximum Gasteiger partial charge on any atom is 0.409 e. The van der Waals surface area contributed by atoms with Gasteiger partial charge in [0.2, 0.25) is 5.91 Å². The molecule has 0 saturated carbocycles. The van der Waals surface area contributed by atoms with Crippen LogP contribution in [-0.2, 0) is 28.0 Å². The highest BCUT2D eigenvalue weighted by Gasteiger charge is 2.38. The lowest BCUT2D eigenvalue weighted by atomic mass is 10.2. The van der Waals surface area contributed by atoms with Crippen molar-refractivity contribution in [2.75, 3.05) is 22.7 Å². The minimum atomic E-state index is -4.26. The van der Waals surface area contributed by atoms with Gasteiger partial charge >= 0.3 is 6.09 Å². The fourth-order valence-corrected chi connectivity index (χ4v) is 5.35. The molecule has 0 saturated heterocycles. The number of carboxylic acid groups (broad SMARTS) is 1. The topological polar surface area (TPSA) is 152 Å². The molecule has 3 aromatic rings. The molecule has 4 rings (SSSR count). The predicted molar refractivity (Wildman–Crippen MR) is 134 cm³/mol. The lowest BCUT2D eigenvalue weighted by molar-refractivity contribution is -0.119. The van der Waals surface area contributed by atoms with Crippen molar-refractivity contribution in [1.82, 2.24) is 15.1 Å². The van der Waals surface area contributed by atoms with Crippen LogP contribution in [0, 0.1) is 0 Å². The van der Waals surface area contributed by atoms with Gasteiger partial charge in [-0.05, 0) is 30.7 Å². The van der Waals surface area contributed by atoms with Crippen LogP contribution in [0.25, 0.3) is 0 Å². The normalized spacial score (nSPS) is 14.9. The number of nitrogens with zero attached hydrogens (tertiary/aromatic N) is 3. The largest absolute Gasteiger partial charge is 0.484 e. The van der Waals surface area contributed by atoms with Gasteiger partial charge in [0.25, 0.3) is 15.9 Å². The average molecular weight is 530 g/mol. The summed E-state index contributed by atoms with van der Waals surface area (Å²) in [4.78, 5) is 22.5. The second-order valence-electron chi connectivity index (χ2n) is 8.25. The van der Waals surface area contributed by atoms with Gasteiger partial charge in [0, 0.05) is 25.4 Å². The molecule has 0 spiro atoms. The van der Waals surface area contributed by atoms with E-state index in [0.717, 1.165) is 9.87 Å². The van der Waals surface area contributed by atoms with E-state index in [1.54, 1.807) is 0 Å². The third-order valence-corrected chi connectivity index (χ3v) is 7.29. The van der Waals surface area contributed by atoms with Gasteiger partial charge in [-0.15, -0.1) is 5.10 Å². The van der Waals surface area contributed by atoms with Crippen molar-refractivity contribution >= 4 is 33.4 Å². The molecule has 1 aromatic heterocycles. The van der Waals surface area contributed by atoms with Gasteiger partial charge in [0.15, 0.2) is 4.90 Å². The molecule has 0 fully saturated rings. The zero-order valence-electron chi connectivity index (χ0n) is 20.2. The number of hydrogen-bond donors (Lipinski definition) is 3. The maximum absolute atomic E-state index is 14.0. The quantitative estimate of drug-likeness (QED) is 0.383. The highest BCUT2D eigenvalue weighted by molar-refractivity contribution is 7.93. The number of anilines is 2. The van der Waals surface area contributed by atoms with Gasteiger partial charge in [-0.2, -0.15) is 0 Å². The average Bonchev–Trinajstić information content (AvgIpc) is 3.30. The number of carbonyl (C=O) groups is 2. The van der Waals surface area contributed by atoms with Crippen molar-refractivity contribution in [3.05, 3.63) is 60.3 Å². The number of nitrogens with one attached hydrogen (secondary N) is 2. The molecule has 1 aliphatic rings. The van der Waals surface area contributed by atoms with Crippen LogP contribution in [0.5, 0.6) is 11.6 Å². The highest BCUT2D eigenvalue weighted by atomic mass is 32.2. The van der Waals surface area contributed by atoms with E-state index in [9.17, 15) is 18.0 Å². The molecule has 2 heterocycles. The van der Waals surface area contributed by atoms with E-state index in [1.807, 2.05) is 37.3 Å². The van der Waals surface area contributed by atoms with Crippen LogP contribution in [0.2, 0.25) is 0 Å². The van der Waals surface area contributed by atoms with Crippen molar-refractivity contribution in [2.45, 2.75) is 38.0 Å². The Balaban J connectivity index is 1.73. The lowest BCUT2D eigenvalue weighted by Gasteiger charge is -2.35. The molecule has 3 N–H and O–H groups in total. The van der Waals surface area contributed by atoms with E-state index >= 15 is 0 Å². The minimum Gasteiger partial charge on any atom is -0.484 e. The number of hydrogen-bond acceptors (Lipinski definition) is 7. The summed E-state index contributed by atoms with van der Waals surface area (Å²) < 4.78 is 42.4. The molecular formula is C24H27N5O7S. The van der Waals surface area contributed by atoms with E-state index < -0.39 is 22.2 Å². The molecule has 1 aliphatic heterocycles. The molecule has 0 aliphatic carbocycles. The minimum absolute atomic E-state index is 0.0584. The number of rotatable bonds is 9. The Kier molecular flexibility index (Phi) is 7.53. The molecule has 196 valence electrons. The molecule has 0 unspecified atom stereocenters. The van der Waals surface area contributed by atoms with E-state index in [0.29, 0.717) is 6.54 Å². The van der Waals surface area contributed by atoms with Crippen LogP contribution in [0.1, 0.15) is 19.4 Å². The second kappa shape index (κ2) is 10.8. The Bertz CT molecular complexity index is 1390. The number of fused-ring (bicyclic) bond motifs is 1. The summed E-state index contributed by atoms with van der Waals surface area (Å²) in [6.45, 7) is 3.63. The van der Waals surface area contributed by atoms with Crippen molar-refractivity contribution in [3.63, 3.8) is 0 Å². The lowest BCUT2D eigenvalue weighted by Crippen LogP contribution is -2.48. The molecule has 13 heteroatoms. The van der Waals surface area contributed by atoms with Crippen molar-refractivity contribution in [1.29, 1.82) is 0 Å². The van der Waals surface area contributed by atoms with Gasteiger partial charge in [-0.25, -0.2) is 13.2 Å². The predicted octanol–water partition coefficient (Wildman–Crippen LogP) is 2.66. The fourth-order valence-electron chi connectivity index (χ4n) is 3.77. The summed E-state index contributed by atoms with van der Waals surface area (Å²) in [7, 11) is -4.26. The standard InChI is InChI=1S/C24H27N5O7S/c1-3-28-14-22(23(27-28)35-15-17-7-5-4-6-8-17)37(33,34)29-13-19(12-25-16(2)30)36-21-10-9-18(11-20(21)29)26-24(31)32/h4-11,14,19,26H,3,12-13,15H2,1-2H3,(H,25,30)(H,31,32)/t19-/m0/s1. The molecule has 12 nitrogen and oxygen atoms in total. The van der Waals surface area contributed by atoms with Gasteiger partial charge in [-0.1, -0.05) is 30.3 Å². The molecule has 2 amide bonds. The third kappa shape index (κ3) is 5.94. The molecule has 0 bridgehead atoms. The summed E-state index contributed by atoms with van der Waals surface area (Å²) in [5, 5.41) is 18.3. The van der Waals surface area contributed by atoms with Crippen LogP contribution in [-0.4, -0.2) is 54.5 Å². The van der Waals surface area contributed by atoms with Crippen LogP contribution < -0.4 is 24.4 Å². The number of amides is 2. The molecule has 37 heavy (non-hydrogen) atoms. The monoisotopic (exact) mass is 529 g/mol. The Morgan fingerprint density at radius 2 is 1.97 bits per heavy atom. The Morgan fingerprint density at radius 3 is 2.65 bits per heavy atom. The first-order chi connectivity index (χ1) is 17.7. The fraction of sp³-hybridized carbons (Fsp3) is 0.292. The molecule has 0 radical (unpaired) electrons. The first-order valence-electron chi connectivity index (χ1n) is 11.5. The highest BCUT2D eigenvalue weighted by Crippen LogP contribution is 2.40. The summed E-state index contributed by atoms with van der Waals surface area (Å²) in [6.07, 6.45) is -0.595. The van der Waals surface area contributed by atoms with Gasteiger partial charge in [0.05, 0.1) is 18.8 Å². The van der Waals surface area contributed by atoms with E-state index in [1.165, 1.54) is 36.0 Å². The van der Waals surface area contributed by atoms with Crippen LogP contribution >= 0.6 is 0 Å². The number of aromatic nitrogens is 2. The number of ether oxygens (including phenoxy) is 2. The van der Waals surface area contributed by atoms with Gasteiger partial charge < -0.3 is 19.9 Å². The van der Waals surface area contributed by atoms with Crippen LogP contribution in [0.15, 0.2) is 59.6 Å². The number of benzene rings is 2. The van der Waals surface area contributed by atoms with Gasteiger partial charge in [0.1, 0.15) is 18.5 Å². The van der Waals surface area contributed by atoms with E-state index in [-0.39, 0.29) is 53.5 Å². The first kappa shape index (κ1) is 25.8. The van der Waals surface area contributed by atoms with E-state index in [2.05, 4.69) is 15.7 Å². The summed E-state index contributed by atoms with van der Waals surface area (Å²) >= 11 is 0. The Morgan fingerprint density at radius 1 is 1.22 bits per heavy atom. The Hall–Kier alpha value is -4.26. The first-order valence-corrected chi connectivity index (χ1v) is 12.9. The SMILES string of the molecule is CCn1cc(S(=O)(=O)N2C[C@H](CNC(C)=O)Oc3ccc(NC(=O)O)cc32)c(OCc2ccccc2)n1. The van der Waals surface area contributed by atoms with Crippen molar-refractivity contribution < 1.29 is 32.6 Å². The smallest absolute Gasteiger partial charge is 0.409 e. The zero-order valence-corrected chi connectivity index (χ0v) is 21.1. The van der Waals surface area contributed by atoms with Crippen LogP contribution in [0.4, 0.5) is 16.2 Å². The summed E-state index contributed by atoms with van der Waals surface area (Å²) in [5.74, 6) is -0.127. The Labute approximate surface area is 213 Å². The van der Waals surface area contributed by atoms with Crippen molar-refractivity contribution in [2.24, 2.45) is 0 Å². The number of aryl methyl sites for hydroxylation is 1. The van der Waals surface area contributed by atoms with Gasteiger partial charge in [-0.3, -0.25) is 19.1 Å². The molecular weight excluding hydrogens is 502 g/mol. The van der Waals surface area contributed by atoms with Crippen LogP contribution in [0.3, 0.4) is 0 Å². The van der Waals surface area contributed by atoms with E-state index in [4.69, 9.17) is 14.6 Å². The van der Waals surface area contributed by atoms with Crippen molar-refractivity contribution in [3.8, 4) is 11.6 Å². The zero-order chi connectivity index (χ0) is 26.6. The summed E-state index contributed by atoms with van der Waals surface area (Å²) in [6, 6.07) is 13.6. The molecule has 2 aromatic carbocycles. The number of sulfonamides is 1. The third-order valence-electron chi connectivity index (χ3n) is 5.53. The molecule has 1 atom stereocenters. The summed E-state index contributed by atoms with van der Waals surface area (Å²) in [5.41, 5.74) is 1.15. The number of carbonyl (C=O) groups excluding carboxylic acids is 1.